The van der Waals surface area contributed by atoms with E-state index in [9.17, 15) is 4.79 Å². The Hall–Kier alpha value is -1.13. The van der Waals surface area contributed by atoms with Crippen LogP contribution in [0.3, 0.4) is 0 Å². The van der Waals surface area contributed by atoms with Crippen LogP contribution in [0.2, 0.25) is 0 Å². The van der Waals surface area contributed by atoms with Crippen molar-refractivity contribution >= 4 is 33.2 Å². The highest BCUT2D eigenvalue weighted by atomic mass is 79.9. The molecule has 0 aliphatic rings. The Balaban J connectivity index is 2.08. The maximum absolute atomic E-state index is 12.1. The number of thiophene rings is 1. The number of rotatable bonds is 5. The van der Waals surface area contributed by atoms with Crippen LogP contribution in [0.15, 0.2) is 47.2 Å². The first-order valence-corrected chi connectivity index (χ1v) is 8.14. The molecule has 0 fully saturated rings. The largest absolute Gasteiger partial charge is 0.346 e. The molecule has 1 amide bonds. The molecule has 1 aromatic carbocycles. The van der Waals surface area contributed by atoms with Gasteiger partial charge in [0.15, 0.2) is 0 Å². The van der Waals surface area contributed by atoms with E-state index in [1.807, 2.05) is 54.1 Å². The molecule has 1 heterocycles. The predicted molar refractivity (Wildman–Crippen MR) is 83.8 cm³/mol. The number of halogens is 1. The molecule has 0 aliphatic heterocycles. The smallest absolute Gasteiger partial charge is 0.225 e. The average Bonchev–Trinajstić information content (AvgIpc) is 2.92. The standard InChI is InChI=1S/C15H16BrNOS/c1-15(11-16,13-5-3-2-4-6-13)17-14(18)9-12-7-8-19-10-12/h2-8,10H,9,11H2,1H3,(H,17,18). The van der Waals surface area contributed by atoms with Crippen LogP contribution >= 0.6 is 27.3 Å². The monoisotopic (exact) mass is 337 g/mol. The molecule has 0 saturated carbocycles. The van der Waals surface area contributed by atoms with E-state index >= 15 is 0 Å². The van der Waals surface area contributed by atoms with Crippen LogP contribution in [0.5, 0.6) is 0 Å². The summed E-state index contributed by atoms with van der Waals surface area (Å²) in [5.41, 5.74) is 1.78. The zero-order valence-electron chi connectivity index (χ0n) is 10.7. The summed E-state index contributed by atoms with van der Waals surface area (Å²) in [4.78, 5) is 12.1. The number of nitrogens with one attached hydrogen (secondary N) is 1. The van der Waals surface area contributed by atoms with Crippen LogP contribution in [0, 0.1) is 0 Å². The predicted octanol–water partition coefficient (Wildman–Crippen LogP) is 3.72. The highest BCUT2D eigenvalue weighted by molar-refractivity contribution is 9.09. The summed E-state index contributed by atoms with van der Waals surface area (Å²) < 4.78 is 0. The topological polar surface area (TPSA) is 29.1 Å². The lowest BCUT2D eigenvalue weighted by Crippen LogP contribution is -2.45. The van der Waals surface area contributed by atoms with Crippen molar-refractivity contribution in [1.82, 2.24) is 5.32 Å². The van der Waals surface area contributed by atoms with Crippen molar-refractivity contribution in [3.8, 4) is 0 Å². The number of hydrogen-bond acceptors (Lipinski definition) is 2. The number of hydrogen-bond donors (Lipinski definition) is 1. The molecule has 2 rings (SSSR count). The van der Waals surface area contributed by atoms with Crippen molar-refractivity contribution in [1.29, 1.82) is 0 Å². The van der Waals surface area contributed by atoms with E-state index in [2.05, 4.69) is 21.2 Å². The van der Waals surface area contributed by atoms with Crippen LogP contribution in [0.1, 0.15) is 18.1 Å². The second-order valence-corrected chi connectivity index (χ2v) is 6.03. The lowest BCUT2D eigenvalue weighted by Gasteiger charge is -2.29. The zero-order chi connectivity index (χ0) is 13.7. The normalized spacial score (nSPS) is 13.8. The molecule has 0 aliphatic carbocycles. The number of benzene rings is 1. The number of carbonyl (C=O) groups excluding carboxylic acids is 1. The van der Waals surface area contributed by atoms with Gasteiger partial charge in [-0.05, 0) is 34.9 Å². The van der Waals surface area contributed by atoms with Gasteiger partial charge in [0.05, 0.1) is 12.0 Å². The Kier molecular flexibility index (Phi) is 4.77. The fraction of sp³-hybridized carbons (Fsp3) is 0.267. The van der Waals surface area contributed by atoms with Gasteiger partial charge in [0, 0.05) is 5.33 Å². The quantitative estimate of drug-likeness (QED) is 0.827. The minimum atomic E-state index is -0.381. The van der Waals surface area contributed by atoms with Gasteiger partial charge >= 0.3 is 0 Å². The SMILES string of the molecule is CC(CBr)(NC(=O)Cc1ccsc1)c1ccccc1. The summed E-state index contributed by atoms with van der Waals surface area (Å²) in [6.07, 6.45) is 0.429. The van der Waals surface area contributed by atoms with E-state index in [1.165, 1.54) is 0 Å². The number of amides is 1. The van der Waals surface area contributed by atoms with Crippen molar-refractivity contribution in [2.24, 2.45) is 0 Å². The molecule has 1 aromatic heterocycles. The molecular formula is C15H16BrNOS. The number of carbonyl (C=O) groups is 1. The fourth-order valence-corrected chi connectivity index (χ4v) is 3.05. The third-order valence-corrected chi connectivity index (χ3v) is 4.89. The van der Waals surface area contributed by atoms with Crippen LogP contribution < -0.4 is 5.32 Å². The highest BCUT2D eigenvalue weighted by Gasteiger charge is 2.27. The lowest BCUT2D eigenvalue weighted by atomic mass is 9.94. The van der Waals surface area contributed by atoms with E-state index in [1.54, 1.807) is 11.3 Å². The number of alkyl halides is 1. The van der Waals surface area contributed by atoms with Crippen molar-refractivity contribution < 1.29 is 4.79 Å². The third-order valence-electron chi connectivity index (χ3n) is 3.04. The Labute approximate surface area is 126 Å². The minimum absolute atomic E-state index is 0.0456. The molecule has 1 N–H and O–H groups in total. The first-order valence-electron chi connectivity index (χ1n) is 6.07. The summed E-state index contributed by atoms with van der Waals surface area (Å²) in [5, 5.41) is 7.79. The molecule has 2 nitrogen and oxygen atoms in total. The Morgan fingerprint density at radius 3 is 2.63 bits per heavy atom. The molecule has 1 unspecified atom stereocenters. The van der Waals surface area contributed by atoms with Gasteiger partial charge in [-0.25, -0.2) is 0 Å². The van der Waals surface area contributed by atoms with Crippen LogP contribution in [0.4, 0.5) is 0 Å². The van der Waals surface area contributed by atoms with Gasteiger partial charge in [0.2, 0.25) is 5.91 Å². The van der Waals surface area contributed by atoms with Gasteiger partial charge in [-0.15, -0.1) is 0 Å². The second-order valence-electron chi connectivity index (χ2n) is 4.69. The first-order chi connectivity index (χ1) is 9.14. The van der Waals surface area contributed by atoms with E-state index in [0.717, 1.165) is 11.1 Å². The molecule has 1 atom stereocenters. The lowest BCUT2D eigenvalue weighted by molar-refractivity contribution is -0.122. The molecule has 100 valence electrons. The third kappa shape index (κ3) is 3.67. The van der Waals surface area contributed by atoms with Crippen LogP contribution in [-0.4, -0.2) is 11.2 Å². The van der Waals surface area contributed by atoms with Gasteiger partial charge in [-0.3, -0.25) is 4.79 Å². The highest BCUT2D eigenvalue weighted by Crippen LogP contribution is 2.23. The summed E-state index contributed by atoms with van der Waals surface area (Å²) >= 11 is 5.11. The van der Waals surface area contributed by atoms with Gasteiger partial charge in [-0.1, -0.05) is 46.3 Å². The van der Waals surface area contributed by atoms with E-state index in [4.69, 9.17) is 0 Å². The van der Waals surface area contributed by atoms with E-state index in [0.29, 0.717) is 11.8 Å². The summed E-state index contributed by atoms with van der Waals surface area (Å²) in [7, 11) is 0. The fourth-order valence-electron chi connectivity index (χ4n) is 1.92. The molecule has 0 saturated heterocycles. The maximum Gasteiger partial charge on any atom is 0.225 e. The molecule has 4 heteroatoms. The molecule has 2 aromatic rings. The van der Waals surface area contributed by atoms with Gasteiger partial charge < -0.3 is 5.32 Å². The Morgan fingerprint density at radius 1 is 1.32 bits per heavy atom. The van der Waals surface area contributed by atoms with Crippen LogP contribution in [-0.2, 0) is 16.8 Å². The van der Waals surface area contributed by atoms with Crippen molar-refractivity contribution in [2.45, 2.75) is 18.9 Å². The van der Waals surface area contributed by atoms with E-state index in [-0.39, 0.29) is 11.4 Å². The second kappa shape index (κ2) is 6.35. The maximum atomic E-state index is 12.1. The summed E-state index contributed by atoms with van der Waals surface area (Å²) in [6, 6.07) is 12.0. The Bertz CT molecular complexity index is 526. The van der Waals surface area contributed by atoms with Crippen molar-refractivity contribution in [2.75, 3.05) is 5.33 Å². The van der Waals surface area contributed by atoms with Crippen molar-refractivity contribution in [3.63, 3.8) is 0 Å². The molecule has 19 heavy (non-hydrogen) atoms. The minimum Gasteiger partial charge on any atom is -0.346 e. The van der Waals surface area contributed by atoms with Gasteiger partial charge in [0.1, 0.15) is 0 Å². The average molecular weight is 338 g/mol. The van der Waals surface area contributed by atoms with Crippen molar-refractivity contribution in [3.05, 3.63) is 58.3 Å². The van der Waals surface area contributed by atoms with Crippen LogP contribution in [0.25, 0.3) is 0 Å². The molecule has 0 radical (unpaired) electrons. The van der Waals surface area contributed by atoms with E-state index < -0.39 is 0 Å². The summed E-state index contributed by atoms with van der Waals surface area (Å²) in [6.45, 7) is 2.03. The first kappa shape index (κ1) is 14.3. The molecule has 0 bridgehead atoms. The summed E-state index contributed by atoms with van der Waals surface area (Å²) in [5.74, 6) is 0.0456. The molecular weight excluding hydrogens is 322 g/mol. The van der Waals surface area contributed by atoms with Gasteiger partial charge in [0.25, 0.3) is 0 Å². The molecule has 0 spiro atoms. The zero-order valence-corrected chi connectivity index (χ0v) is 13.1. The van der Waals surface area contributed by atoms with Gasteiger partial charge in [-0.2, -0.15) is 11.3 Å². The Morgan fingerprint density at radius 2 is 2.05 bits per heavy atom.